The number of hydrogen-bond acceptors (Lipinski definition) is 7. The van der Waals surface area contributed by atoms with Crippen LogP contribution in [0.2, 0.25) is 0 Å². The highest BCUT2D eigenvalue weighted by atomic mass is 16.6. The Morgan fingerprint density at radius 1 is 0.492 bits per heavy atom. The van der Waals surface area contributed by atoms with Gasteiger partial charge in [0.05, 0.1) is 40.3 Å². The average molecular weight is 882 g/mol. The molecule has 0 radical (unpaired) electrons. The lowest BCUT2D eigenvalue weighted by atomic mass is 10.0. The van der Waals surface area contributed by atoms with Gasteiger partial charge in [0, 0.05) is 19.3 Å². The van der Waals surface area contributed by atoms with Crippen molar-refractivity contribution < 1.29 is 38.2 Å². The summed E-state index contributed by atoms with van der Waals surface area (Å²) >= 11 is 0. The highest BCUT2D eigenvalue weighted by Crippen LogP contribution is 2.15. The van der Waals surface area contributed by atoms with Gasteiger partial charge in [-0.05, 0) is 64.2 Å². The molecule has 0 fully saturated rings. The molecule has 0 amide bonds. The molecule has 8 heteroatoms. The van der Waals surface area contributed by atoms with Gasteiger partial charge in [0.2, 0.25) is 0 Å². The van der Waals surface area contributed by atoms with Crippen molar-refractivity contribution in [1.29, 1.82) is 0 Å². The van der Waals surface area contributed by atoms with Crippen LogP contribution in [-0.2, 0) is 28.6 Å². The van der Waals surface area contributed by atoms with Gasteiger partial charge < -0.3 is 28.6 Å². The molecule has 63 heavy (non-hydrogen) atoms. The maximum atomic E-state index is 12.8. The van der Waals surface area contributed by atoms with Gasteiger partial charge in [-0.3, -0.25) is 9.59 Å². The summed E-state index contributed by atoms with van der Waals surface area (Å²) in [6, 6.07) is -0.737. The predicted molar refractivity (Wildman–Crippen MR) is 263 cm³/mol. The first-order valence-electron chi connectivity index (χ1n) is 25.5. The number of allylic oxidation sites excluding steroid dienone is 12. The quantitative estimate of drug-likeness (QED) is 0.0260. The molecule has 0 aliphatic rings. The number of aliphatic carboxylic acids is 1. The minimum atomic E-state index is -1.13. The average Bonchev–Trinajstić information content (AvgIpc) is 3.24. The number of likely N-dealkylation sites (N-methyl/N-ethyl adjacent to an activating group) is 1. The van der Waals surface area contributed by atoms with Gasteiger partial charge in [-0.1, -0.05) is 196 Å². The number of carbonyl (C=O) groups excluding carboxylic acids is 3. The molecule has 2 unspecified atom stereocenters. The summed E-state index contributed by atoms with van der Waals surface area (Å²) in [5, 5.41) is 11.7. The molecule has 362 valence electrons. The van der Waals surface area contributed by atoms with Crippen LogP contribution in [0.15, 0.2) is 72.9 Å². The minimum absolute atomic E-state index is 0.0215. The molecule has 0 saturated carbocycles. The van der Waals surface area contributed by atoms with Crippen molar-refractivity contribution in [2.45, 2.75) is 219 Å². The highest BCUT2D eigenvalue weighted by molar-refractivity contribution is 5.70. The van der Waals surface area contributed by atoms with E-state index < -0.39 is 18.1 Å². The van der Waals surface area contributed by atoms with Crippen LogP contribution in [0.5, 0.6) is 0 Å². The van der Waals surface area contributed by atoms with E-state index >= 15 is 0 Å². The van der Waals surface area contributed by atoms with Crippen LogP contribution in [0.3, 0.4) is 0 Å². The van der Waals surface area contributed by atoms with Crippen molar-refractivity contribution in [3.63, 3.8) is 0 Å². The van der Waals surface area contributed by atoms with E-state index in [0.29, 0.717) is 12.8 Å². The van der Waals surface area contributed by atoms with Gasteiger partial charge in [-0.2, -0.15) is 0 Å². The summed E-state index contributed by atoms with van der Waals surface area (Å²) in [5.41, 5.74) is 0. The van der Waals surface area contributed by atoms with Gasteiger partial charge in [-0.25, -0.2) is 0 Å². The van der Waals surface area contributed by atoms with Crippen LogP contribution < -0.4 is 5.11 Å². The third-order valence-electron chi connectivity index (χ3n) is 11.1. The van der Waals surface area contributed by atoms with Crippen molar-refractivity contribution >= 4 is 17.9 Å². The molecule has 0 aromatic carbocycles. The molecule has 0 N–H and O–H groups in total. The van der Waals surface area contributed by atoms with Gasteiger partial charge in [-0.15, -0.1) is 0 Å². The molecule has 0 rings (SSSR count). The molecule has 8 nitrogen and oxygen atoms in total. The second-order valence-corrected chi connectivity index (χ2v) is 18.0. The fourth-order valence-electron chi connectivity index (χ4n) is 7.19. The number of quaternary nitrogens is 1. The molecule has 0 aliphatic heterocycles. The van der Waals surface area contributed by atoms with Crippen LogP contribution in [0.25, 0.3) is 0 Å². The summed E-state index contributed by atoms with van der Waals surface area (Å²) in [6.45, 7) is 4.52. The third-order valence-corrected chi connectivity index (χ3v) is 11.1. The molecule has 0 spiro atoms. The normalized spacial score (nSPS) is 13.5. The van der Waals surface area contributed by atoms with E-state index in [4.69, 9.17) is 14.2 Å². The Bertz CT molecular complexity index is 1260. The molecule has 0 aromatic heterocycles. The molecule has 0 heterocycles. The molecule has 0 aromatic rings. The molecule has 0 saturated heterocycles. The summed E-state index contributed by atoms with van der Waals surface area (Å²) in [4.78, 5) is 37.0. The van der Waals surface area contributed by atoms with E-state index in [2.05, 4.69) is 86.8 Å². The predicted octanol–water partition coefficient (Wildman–Crippen LogP) is 13.4. The number of ether oxygens (including phenoxy) is 3. The second-order valence-electron chi connectivity index (χ2n) is 18.0. The van der Waals surface area contributed by atoms with E-state index in [1.165, 1.54) is 96.3 Å². The number of unbranched alkanes of at least 4 members (excludes halogenated alkanes) is 19. The van der Waals surface area contributed by atoms with Crippen molar-refractivity contribution in [3.05, 3.63) is 72.9 Å². The Labute approximate surface area is 387 Å². The monoisotopic (exact) mass is 882 g/mol. The summed E-state index contributed by atoms with van der Waals surface area (Å²) in [7, 11) is 5.40. The summed E-state index contributed by atoms with van der Waals surface area (Å²) < 4.78 is 17.2. The standard InChI is InChI=1S/C55H95NO7/c1-6-8-10-12-14-16-18-20-22-24-26-27-28-30-32-34-36-38-40-42-44-46-54(58)63-51(49-61-48-47-52(55(59)60)56(3,4)5)50-62-53(57)45-43-41-39-37-35-33-31-29-25-23-21-19-17-15-13-11-9-7-2/h8,10,14,16,20,22,26-27,30,32,36,38,51-52H,6-7,9,11-13,15,17-19,21,23-25,28-29,31,33-35,37,39-50H2,1-5H3/b10-8+,16-14+,22-20+,27-26+,32-30+,38-36+. The van der Waals surface area contributed by atoms with Crippen molar-refractivity contribution in [3.8, 4) is 0 Å². The summed E-state index contributed by atoms with van der Waals surface area (Å²) in [6.07, 6.45) is 57.9. The van der Waals surface area contributed by atoms with E-state index in [-0.39, 0.29) is 49.1 Å². The van der Waals surface area contributed by atoms with E-state index in [9.17, 15) is 19.5 Å². The van der Waals surface area contributed by atoms with E-state index in [1.807, 2.05) is 0 Å². The highest BCUT2D eigenvalue weighted by Gasteiger charge is 2.25. The molecular weight excluding hydrogens is 787 g/mol. The lowest BCUT2D eigenvalue weighted by Crippen LogP contribution is -2.55. The van der Waals surface area contributed by atoms with Crippen LogP contribution in [0.4, 0.5) is 0 Å². The Balaban J connectivity index is 4.34. The lowest BCUT2D eigenvalue weighted by Gasteiger charge is -2.34. The van der Waals surface area contributed by atoms with Gasteiger partial charge in [0.1, 0.15) is 12.6 Å². The number of rotatable bonds is 45. The van der Waals surface area contributed by atoms with Crippen LogP contribution in [0, 0.1) is 0 Å². The molecule has 2 atom stereocenters. The number of nitrogens with zero attached hydrogens (tertiary/aromatic N) is 1. The van der Waals surface area contributed by atoms with E-state index in [1.54, 1.807) is 21.1 Å². The van der Waals surface area contributed by atoms with Crippen LogP contribution in [0.1, 0.15) is 206 Å². The van der Waals surface area contributed by atoms with Gasteiger partial charge in [0.25, 0.3) is 0 Å². The number of esters is 2. The van der Waals surface area contributed by atoms with Crippen molar-refractivity contribution in [2.24, 2.45) is 0 Å². The summed E-state index contributed by atoms with van der Waals surface area (Å²) in [5.74, 6) is -1.79. The molecule has 0 aliphatic carbocycles. The maximum Gasteiger partial charge on any atom is 0.306 e. The molecular formula is C55H95NO7. The largest absolute Gasteiger partial charge is 0.544 e. The van der Waals surface area contributed by atoms with Crippen LogP contribution in [-0.4, -0.2) is 75.5 Å². The van der Waals surface area contributed by atoms with Gasteiger partial charge in [0.15, 0.2) is 6.10 Å². The first-order chi connectivity index (χ1) is 30.6. The van der Waals surface area contributed by atoms with Crippen LogP contribution >= 0.6 is 0 Å². The first kappa shape index (κ1) is 59.8. The number of carbonyl (C=O) groups is 3. The third kappa shape index (κ3) is 43.8. The Kier molecular flexibility index (Phi) is 43.0. The topological polar surface area (TPSA) is 102 Å². The second kappa shape index (κ2) is 45.3. The fourth-order valence-corrected chi connectivity index (χ4v) is 7.19. The zero-order valence-electron chi connectivity index (χ0n) is 41.2. The lowest BCUT2D eigenvalue weighted by molar-refractivity contribution is -0.889. The number of carboxylic acid groups (broad SMARTS) is 1. The molecule has 0 bridgehead atoms. The Hall–Kier alpha value is -3.23. The minimum Gasteiger partial charge on any atom is -0.544 e. The number of hydrogen-bond donors (Lipinski definition) is 0. The Morgan fingerprint density at radius 3 is 1.32 bits per heavy atom. The smallest absolute Gasteiger partial charge is 0.306 e. The van der Waals surface area contributed by atoms with E-state index in [0.717, 1.165) is 70.6 Å². The fraction of sp³-hybridized carbons (Fsp3) is 0.727. The number of carboxylic acids is 1. The Morgan fingerprint density at radius 2 is 0.889 bits per heavy atom. The zero-order valence-corrected chi connectivity index (χ0v) is 41.2. The SMILES string of the molecule is CC/C=C/C/C=C/C/C=C/C/C=C/C/C=C/C/C=C/CCCCC(=O)OC(COCCC(C(=O)[O-])[N+](C)(C)C)COC(=O)CCCCCCCCCCCCCCCCCCCC. The zero-order chi connectivity index (χ0) is 46.3. The van der Waals surface area contributed by atoms with Crippen molar-refractivity contribution in [2.75, 3.05) is 41.0 Å². The maximum absolute atomic E-state index is 12.8. The van der Waals surface area contributed by atoms with Crippen molar-refractivity contribution in [1.82, 2.24) is 0 Å². The first-order valence-corrected chi connectivity index (χ1v) is 25.5. The van der Waals surface area contributed by atoms with Gasteiger partial charge >= 0.3 is 11.9 Å².